The molecule has 0 amide bonds. The van der Waals surface area contributed by atoms with Crippen LogP contribution < -0.4 is 5.73 Å². The van der Waals surface area contributed by atoms with E-state index in [2.05, 4.69) is 0 Å². The molecule has 0 aromatic carbocycles. The zero-order valence-corrected chi connectivity index (χ0v) is 11.1. The fourth-order valence-electron chi connectivity index (χ4n) is 1.27. The van der Waals surface area contributed by atoms with Gasteiger partial charge in [0.2, 0.25) is 0 Å². The minimum atomic E-state index is -0.757. The van der Waals surface area contributed by atoms with Crippen molar-refractivity contribution in [1.82, 2.24) is 0 Å². The predicted octanol–water partition coefficient (Wildman–Crippen LogP) is 0.546. The molecule has 0 heterocycles. The highest BCUT2D eigenvalue weighted by atomic mass is 16.5. The maximum atomic E-state index is 9.63. The zero-order valence-electron chi connectivity index (χ0n) is 11.1. The van der Waals surface area contributed by atoms with Gasteiger partial charge in [-0.05, 0) is 26.2 Å². The van der Waals surface area contributed by atoms with Gasteiger partial charge < -0.3 is 25.1 Å². The molecule has 1 atom stereocenters. The molecule has 5 nitrogen and oxygen atoms in total. The van der Waals surface area contributed by atoms with E-state index in [1.807, 2.05) is 0 Å². The Kier molecular flexibility index (Phi) is 10.8. The summed E-state index contributed by atoms with van der Waals surface area (Å²) >= 11 is 0. The summed E-state index contributed by atoms with van der Waals surface area (Å²) in [5.41, 5.74) is 4.65. The van der Waals surface area contributed by atoms with Crippen molar-refractivity contribution in [2.45, 2.75) is 31.8 Å². The highest BCUT2D eigenvalue weighted by Gasteiger charge is 2.16. The lowest BCUT2D eigenvalue weighted by atomic mass is 10.0. The van der Waals surface area contributed by atoms with Crippen LogP contribution in [0.5, 0.6) is 0 Å². The minimum absolute atomic E-state index is 0.292. The van der Waals surface area contributed by atoms with Gasteiger partial charge in [0.25, 0.3) is 0 Å². The first kappa shape index (κ1) is 16.8. The van der Waals surface area contributed by atoms with Gasteiger partial charge in [0.1, 0.15) is 0 Å². The minimum Gasteiger partial charge on any atom is -0.389 e. The Labute approximate surface area is 104 Å². The monoisotopic (exact) mass is 249 g/mol. The highest BCUT2D eigenvalue weighted by Crippen LogP contribution is 2.09. The van der Waals surface area contributed by atoms with Crippen molar-refractivity contribution in [2.75, 3.05) is 46.7 Å². The molecular formula is C12H27NO4. The van der Waals surface area contributed by atoms with Crippen molar-refractivity contribution >= 4 is 0 Å². The molecule has 0 bridgehead atoms. The molecule has 0 aromatic heterocycles. The smallest absolute Gasteiger partial charge is 0.0742 e. The van der Waals surface area contributed by atoms with Crippen molar-refractivity contribution in [3.8, 4) is 0 Å². The Morgan fingerprint density at radius 2 is 1.59 bits per heavy atom. The fourth-order valence-corrected chi connectivity index (χ4v) is 1.27. The van der Waals surface area contributed by atoms with Crippen LogP contribution in [0, 0.1) is 0 Å². The Balaban J connectivity index is 3.09. The second kappa shape index (κ2) is 10.9. The highest BCUT2D eigenvalue weighted by molar-refractivity contribution is 4.72. The lowest BCUT2D eigenvalue weighted by Gasteiger charge is -2.20. The molecule has 17 heavy (non-hydrogen) atoms. The van der Waals surface area contributed by atoms with Crippen molar-refractivity contribution in [3.63, 3.8) is 0 Å². The lowest BCUT2D eigenvalue weighted by Crippen LogP contribution is -2.34. The standard InChI is InChI=1S/C12H27NO4/c1-12(14,11-13)5-3-6-16-7-4-8-17-10-9-15-2/h14H,3-11,13H2,1-2H3. The molecule has 0 spiro atoms. The third-order valence-corrected chi connectivity index (χ3v) is 2.45. The van der Waals surface area contributed by atoms with Crippen molar-refractivity contribution < 1.29 is 19.3 Å². The molecule has 0 saturated carbocycles. The average molecular weight is 249 g/mol. The number of aliphatic hydroxyl groups is 1. The molecule has 104 valence electrons. The van der Waals surface area contributed by atoms with Crippen LogP contribution in [0.1, 0.15) is 26.2 Å². The van der Waals surface area contributed by atoms with Gasteiger partial charge in [-0.2, -0.15) is 0 Å². The number of nitrogens with two attached hydrogens (primary N) is 1. The Morgan fingerprint density at radius 1 is 1.00 bits per heavy atom. The molecule has 0 aromatic rings. The van der Waals surface area contributed by atoms with Crippen molar-refractivity contribution in [1.29, 1.82) is 0 Å². The first-order valence-corrected chi connectivity index (χ1v) is 6.19. The lowest BCUT2D eigenvalue weighted by molar-refractivity contribution is 0.0340. The summed E-state index contributed by atoms with van der Waals surface area (Å²) in [6.07, 6.45) is 2.39. The molecule has 0 fully saturated rings. The van der Waals surface area contributed by atoms with Crippen LogP contribution in [0.25, 0.3) is 0 Å². The predicted molar refractivity (Wildman–Crippen MR) is 67.0 cm³/mol. The van der Waals surface area contributed by atoms with Gasteiger partial charge in [0.15, 0.2) is 0 Å². The van der Waals surface area contributed by atoms with Crippen LogP contribution in [0.4, 0.5) is 0 Å². The second-order valence-corrected chi connectivity index (χ2v) is 4.38. The normalized spacial score (nSPS) is 14.8. The molecule has 1 unspecified atom stereocenters. The molecule has 0 saturated heterocycles. The maximum Gasteiger partial charge on any atom is 0.0742 e. The number of ether oxygens (including phenoxy) is 3. The number of rotatable bonds is 12. The summed E-state index contributed by atoms with van der Waals surface area (Å²) in [7, 11) is 1.66. The Morgan fingerprint density at radius 3 is 2.18 bits per heavy atom. The topological polar surface area (TPSA) is 73.9 Å². The first-order valence-electron chi connectivity index (χ1n) is 6.19. The number of methoxy groups -OCH3 is 1. The molecule has 0 aliphatic rings. The van der Waals surface area contributed by atoms with Crippen molar-refractivity contribution in [2.24, 2.45) is 5.73 Å². The van der Waals surface area contributed by atoms with Crippen molar-refractivity contribution in [3.05, 3.63) is 0 Å². The van der Waals surface area contributed by atoms with Gasteiger partial charge in [-0.3, -0.25) is 0 Å². The molecule has 0 rings (SSSR count). The van der Waals surface area contributed by atoms with Crippen LogP contribution in [-0.2, 0) is 14.2 Å². The summed E-state index contributed by atoms with van der Waals surface area (Å²) in [5.74, 6) is 0. The van der Waals surface area contributed by atoms with E-state index in [0.29, 0.717) is 46.0 Å². The molecule has 0 aliphatic carbocycles. The molecule has 3 N–H and O–H groups in total. The van der Waals surface area contributed by atoms with Gasteiger partial charge in [-0.15, -0.1) is 0 Å². The maximum absolute atomic E-state index is 9.63. The van der Waals surface area contributed by atoms with Crippen LogP contribution in [0.3, 0.4) is 0 Å². The molecule has 0 aliphatic heterocycles. The van der Waals surface area contributed by atoms with E-state index >= 15 is 0 Å². The quantitative estimate of drug-likeness (QED) is 0.494. The molecular weight excluding hydrogens is 222 g/mol. The SMILES string of the molecule is COCCOCCCOCCCC(C)(O)CN. The van der Waals surface area contributed by atoms with E-state index in [1.165, 1.54) is 0 Å². The first-order chi connectivity index (χ1) is 8.12. The van der Waals surface area contributed by atoms with E-state index < -0.39 is 5.60 Å². The summed E-state index contributed by atoms with van der Waals surface area (Å²) in [4.78, 5) is 0. The van der Waals surface area contributed by atoms with E-state index in [4.69, 9.17) is 19.9 Å². The van der Waals surface area contributed by atoms with Gasteiger partial charge in [-0.1, -0.05) is 0 Å². The van der Waals surface area contributed by atoms with Gasteiger partial charge >= 0.3 is 0 Å². The average Bonchev–Trinajstić information content (AvgIpc) is 2.31. The zero-order chi connectivity index (χ0) is 13.0. The van der Waals surface area contributed by atoms with Crippen LogP contribution in [-0.4, -0.2) is 57.4 Å². The summed E-state index contributed by atoms with van der Waals surface area (Å²) in [6.45, 7) is 5.36. The van der Waals surface area contributed by atoms with E-state index in [1.54, 1.807) is 14.0 Å². The van der Waals surface area contributed by atoms with Gasteiger partial charge in [0.05, 0.1) is 18.8 Å². The molecule has 5 heteroatoms. The van der Waals surface area contributed by atoms with E-state index in [0.717, 1.165) is 12.8 Å². The summed E-state index contributed by atoms with van der Waals surface area (Å²) in [6, 6.07) is 0. The second-order valence-electron chi connectivity index (χ2n) is 4.38. The Bertz CT molecular complexity index is 165. The van der Waals surface area contributed by atoms with Gasteiger partial charge in [0, 0.05) is 33.5 Å². The van der Waals surface area contributed by atoms with Crippen LogP contribution >= 0.6 is 0 Å². The van der Waals surface area contributed by atoms with Gasteiger partial charge in [-0.25, -0.2) is 0 Å². The number of hydrogen-bond donors (Lipinski definition) is 2. The number of hydrogen-bond acceptors (Lipinski definition) is 5. The van der Waals surface area contributed by atoms with E-state index in [-0.39, 0.29) is 0 Å². The Hall–Kier alpha value is -0.200. The summed E-state index contributed by atoms with van der Waals surface area (Å²) in [5, 5.41) is 9.63. The third kappa shape index (κ3) is 12.1. The van der Waals surface area contributed by atoms with E-state index in [9.17, 15) is 5.11 Å². The van der Waals surface area contributed by atoms with Crippen LogP contribution in [0.2, 0.25) is 0 Å². The molecule has 0 radical (unpaired) electrons. The third-order valence-electron chi connectivity index (χ3n) is 2.45. The fraction of sp³-hybridized carbons (Fsp3) is 1.00. The summed E-state index contributed by atoms with van der Waals surface area (Å²) < 4.78 is 15.6. The van der Waals surface area contributed by atoms with Crippen LogP contribution in [0.15, 0.2) is 0 Å². The largest absolute Gasteiger partial charge is 0.389 e.